The fourth-order valence-corrected chi connectivity index (χ4v) is 8.24. The van der Waals surface area contributed by atoms with Gasteiger partial charge in [-0.15, -0.1) is 0 Å². The lowest BCUT2D eigenvalue weighted by atomic mass is 9.89. The zero-order chi connectivity index (χ0) is 39.4. The van der Waals surface area contributed by atoms with Crippen LogP contribution in [0.15, 0.2) is 103 Å². The Balaban J connectivity index is 0.951. The van der Waals surface area contributed by atoms with Gasteiger partial charge in [0.2, 0.25) is 5.91 Å². The SMILES string of the molecule is C[C@H]1[C@@H](CN2CCC3(CC2)OCCO3)O[C@@H](c2ccc(-c3ccccc3CN3C(=O)CC(NC(=O)OCc4ccccc4)C3=O)cc2)O[C@H]1c1ccc(CO)cc1. The van der Waals surface area contributed by atoms with Crippen LogP contribution in [0.5, 0.6) is 0 Å². The lowest BCUT2D eigenvalue weighted by Gasteiger charge is -2.44. The first-order valence-electron chi connectivity index (χ1n) is 19.8. The monoisotopic (exact) mass is 775 g/mol. The Morgan fingerprint density at radius 3 is 2.25 bits per heavy atom. The number of aliphatic hydroxyl groups excluding tert-OH is 1. The molecule has 4 aliphatic heterocycles. The summed E-state index contributed by atoms with van der Waals surface area (Å²) in [6, 6.07) is 31.8. The molecule has 2 N–H and O–H groups in total. The summed E-state index contributed by atoms with van der Waals surface area (Å²) in [4.78, 5) is 42.6. The number of amides is 3. The van der Waals surface area contributed by atoms with Gasteiger partial charge in [-0.2, -0.15) is 0 Å². The van der Waals surface area contributed by atoms with Crippen molar-refractivity contribution in [3.05, 3.63) is 131 Å². The van der Waals surface area contributed by atoms with Crippen LogP contribution in [0.4, 0.5) is 4.79 Å². The fourth-order valence-electron chi connectivity index (χ4n) is 8.24. The van der Waals surface area contributed by atoms with Crippen molar-refractivity contribution >= 4 is 17.9 Å². The van der Waals surface area contributed by atoms with Gasteiger partial charge in [0.05, 0.1) is 45.0 Å². The first-order chi connectivity index (χ1) is 27.8. The Hall–Kier alpha value is -4.95. The highest BCUT2D eigenvalue weighted by Gasteiger charge is 2.43. The molecule has 0 aliphatic carbocycles. The summed E-state index contributed by atoms with van der Waals surface area (Å²) in [7, 11) is 0. The van der Waals surface area contributed by atoms with Gasteiger partial charge < -0.3 is 39.0 Å². The minimum Gasteiger partial charge on any atom is -0.445 e. The maximum absolute atomic E-state index is 13.4. The standard InChI is InChI=1S/C45H49N3O9/c1-30-39(27-47-21-19-45(20-22-47)54-23-24-55-45)56-43(57-41(30)34-13-11-31(28-49)12-14-34)35-17-15-33(16-18-35)37-10-6-5-9-36(37)26-48-40(50)25-38(42(48)51)46-44(52)53-29-32-7-3-2-4-8-32/h2-18,30,38-39,41,43,49H,19-29H2,1H3,(H,46,52)/t30-,38?,39+,41+,43+/m0/s1. The van der Waals surface area contributed by atoms with E-state index in [0.29, 0.717) is 13.2 Å². The van der Waals surface area contributed by atoms with Crippen LogP contribution in [-0.4, -0.2) is 83.6 Å². The molecular formula is C45H49N3O9. The molecule has 0 saturated carbocycles. The van der Waals surface area contributed by atoms with Gasteiger partial charge in [0.1, 0.15) is 12.6 Å². The third-order valence-corrected chi connectivity index (χ3v) is 11.6. The Kier molecular flexibility index (Phi) is 11.8. The zero-order valence-corrected chi connectivity index (χ0v) is 32.1. The van der Waals surface area contributed by atoms with Gasteiger partial charge in [-0.3, -0.25) is 14.5 Å². The Morgan fingerprint density at radius 1 is 0.842 bits per heavy atom. The molecule has 4 aromatic rings. The number of benzene rings is 4. The van der Waals surface area contributed by atoms with Crippen LogP contribution >= 0.6 is 0 Å². The number of carbonyl (C=O) groups excluding carboxylic acids is 3. The third-order valence-electron chi connectivity index (χ3n) is 11.6. The number of carbonyl (C=O) groups is 3. The van der Waals surface area contributed by atoms with Crippen LogP contribution in [0.3, 0.4) is 0 Å². The number of likely N-dealkylation sites (tertiary alicyclic amines) is 2. The first-order valence-corrected chi connectivity index (χ1v) is 19.8. The van der Waals surface area contributed by atoms with Crippen molar-refractivity contribution in [3.63, 3.8) is 0 Å². The van der Waals surface area contributed by atoms with Gasteiger partial charge >= 0.3 is 6.09 Å². The lowest BCUT2D eigenvalue weighted by Crippen LogP contribution is -2.50. The minimum absolute atomic E-state index is 0.0243. The molecule has 298 valence electrons. The molecule has 8 rings (SSSR count). The van der Waals surface area contributed by atoms with Crippen LogP contribution in [0.1, 0.15) is 66.4 Å². The number of aliphatic hydroxyl groups is 1. The average Bonchev–Trinajstić information content (AvgIpc) is 3.81. The van der Waals surface area contributed by atoms with Crippen molar-refractivity contribution < 1.29 is 43.2 Å². The van der Waals surface area contributed by atoms with Gasteiger partial charge in [0.25, 0.3) is 5.91 Å². The van der Waals surface area contributed by atoms with E-state index in [1.165, 1.54) is 4.90 Å². The third kappa shape index (κ3) is 8.81. The molecule has 12 nitrogen and oxygen atoms in total. The molecule has 12 heteroatoms. The van der Waals surface area contributed by atoms with Gasteiger partial charge in [-0.1, -0.05) is 110 Å². The highest BCUT2D eigenvalue weighted by Crippen LogP contribution is 2.43. The van der Waals surface area contributed by atoms with E-state index in [2.05, 4.69) is 17.1 Å². The molecule has 57 heavy (non-hydrogen) atoms. The van der Waals surface area contributed by atoms with Crippen molar-refractivity contribution in [2.24, 2.45) is 5.92 Å². The molecule has 1 unspecified atom stereocenters. The second kappa shape index (κ2) is 17.3. The summed E-state index contributed by atoms with van der Waals surface area (Å²) in [5, 5.41) is 12.2. The van der Waals surface area contributed by atoms with E-state index in [1.54, 1.807) is 0 Å². The van der Waals surface area contributed by atoms with E-state index in [-0.39, 0.29) is 50.2 Å². The average molecular weight is 776 g/mol. The molecular weight excluding hydrogens is 727 g/mol. The molecule has 5 atom stereocenters. The predicted octanol–water partition coefficient (Wildman–Crippen LogP) is 6.03. The molecule has 4 aliphatic rings. The van der Waals surface area contributed by atoms with Crippen molar-refractivity contribution in [2.75, 3.05) is 32.8 Å². The number of ether oxygens (including phenoxy) is 5. The molecule has 4 saturated heterocycles. The van der Waals surface area contributed by atoms with Crippen LogP contribution < -0.4 is 5.32 Å². The number of nitrogens with one attached hydrogen (secondary N) is 1. The van der Waals surface area contributed by atoms with Crippen LogP contribution in [0.2, 0.25) is 0 Å². The Labute approximate surface area is 332 Å². The first kappa shape index (κ1) is 38.9. The normalized spacial score (nSPS) is 24.9. The van der Waals surface area contributed by atoms with Crippen molar-refractivity contribution in [1.29, 1.82) is 0 Å². The van der Waals surface area contributed by atoms with Crippen molar-refractivity contribution in [2.45, 2.75) is 76.3 Å². The molecule has 4 heterocycles. The maximum Gasteiger partial charge on any atom is 0.408 e. The summed E-state index contributed by atoms with van der Waals surface area (Å²) >= 11 is 0. The molecule has 3 amide bonds. The maximum atomic E-state index is 13.4. The summed E-state index contributed by atoms with van der Waals surface area (Å²) in [6.45, 7) is 6.02. The largest absolute Gasteiger partial charge is 0.445 e. The quantitative estimate of drug-likeness (QED) is 0.174. The number of alkyl carbamates (subject to hydrolysis) is 1. The van der Waals surface area contributed by atoms with Gasteiger partial charge in [0, 0.05) is 44.0 Å². The van der Waals surface area contributed by atoms with Crippen molar-refractivity contribution in [1.82, 2.24) is 15.1 Å². The molecule has 0 radical (unpaired) electrons. The lowest BCUT2D eigenvalue weighted by molar-refractivity contribution is -0.278. The van der Waals surface area contributed by atoms with Gasteiger partial charge in [0.15, 0.2) is 12.1 Å². The van der Waals surface area contributed by atoms with E-state index in [1.807, 2.05) is 103 Å². The molecule has 0 aromatic heterocycles. The number of nitrogens with zero attached hydrogens (tertiary/aromatic N) is 2. The van der Waals surface area contributed by atoms with E-state index in [0.717, 1.165) is 71.4 Å². The van der Waals surface area contributed by atoms with E-state index < -0.39 is 30.1 Å². The van der Waals surface area contributed by atoms with Crippen molar-refractivity contribution in [3.8, 4) is 11.1 Å². The number of hydrogen-bond acceptors (Lipinski definition) is 10. The predicted molar refractivity (Wildman–Crippen MR) is 209 cm³/mol. The highest BCUT2D eigenvalue weighted by atomic mass is 16.7. The fraction of sp³-hybridized carbons (Fsp3) is 0.400. The van der Waals surface area contributed by atoms with Crippen LogP contribution in [-0.2, 0) is 53.0 Å². The molecule has 4 aromatic carbocycles. The summed E-state index contributed by atoms with van der Waals surface area (Å²) in [5.41, 5.74) is 6.13. The topological polar surface area (TPSA) is 136 Å². The van der Waals surface area contributed by atoms with Crippen LogP contribution in [0.25, 0.3) is 11.1 Å². The van der Waals surface area contributed by atoms with E-state index in [4.69, 9.17) is 23.7 Å². The zero-order valence-electron chi connectivity index (χ0n) is 32.1. The highest BCUT2D eigenvalue weighted by molar-refractivity contribution is 6.06. The summed E-state index contributed by atoms with van der Waals surface area (Å²) in [5.74, 6) is -1.23. The minimum atomic E-state index is -0.993. The molecule has 4 fully saturated rings. The number of rotatable bonds is 11. The molecule has 1 spiro atoms. The number of hydrogen-bond donors (Lipinski definition) is 2. The van der Waals surface area contributed by atoms with Gasteiger partial charge in [-0.25, -0.2) is 4.79 Å². The number of imide groups is 1. The smallest absolute Gasteiger partial charge is 0.408 e. The molecule has 0 bridgehead atoms. The van der Waals surface area contributed by atoms with Crippen LogP contribution in [0, 0.1) is 5.92 Å². The summed E-state index contributed by atoms with van der Waals surface area (Å²) in [6.07, 6.45) is -0.220. The second-order valence-corrected chi connectivity index (χ2v) is 15.3. The summed E-state index contributed by atoms with van der Waals surface area (Å²) < 4.78 is 30.7. The van der Waals surface area contributed by atoms with Gasteiger partial charge in [-0.05, 0) is 33.4 Å². The second-order valence-electron chi connectivity index (χ2n) is 15.3. The Morgan fingerprint density at radius 2 is 1.53 bits per heavy atom. The van der Waals surface area contributed by atoms with E-state index in [9.17, 15) is 19.5 Å². The van der Waals surface area contributed by atoms with E-state index >= 15 is 0 Å². The number of piperidine rings is 1. The Bertz CT molecular complexity index is 2010.